The zero-order chi connectivity index (χ0) is 17.1. The maximum absolute atomic E-state index is 12.8. The highest BCUT2D eigenvalue weighted by Gasteiger charge is 2.22. The van der Waals surface area contributed by atoms with Gasteiger partial charge in [-0.3, -0.25) is 14.5 Å². The minimum Gasteiger partial charge on any atom is -0.358 e. The molecule has 0 atom stereocenters. The van der Waals surface area contributed by atoms with E-state index < -0.39 is 0 Å². The number of H-pyrrole nitrogens is 1. The van der Waals surface area contributed by atoms with Gasteiger partial charge in [-0.15, -0.1) is 0 Å². The standard InChI is InChI=1S/C17H21BrN4O2/c1-19-16(23)11-21-5-2-6-22(8-7-21)17(24)15-10-12-9-13(18)3-4-14(12)20-15/h3-4,9-10,20H,2,5-8,11H2,1H3,(H,19,23). The summed E-state index contributed by atoms with van der Waals surface area (Å²) in [7, 11) is 1.64. The molecule has 3 rings (SSSR count). The number of amides is 2. The molecule has 0 spiro atoms. The molecule has 7 heteroatoms. The van der Waals surface area contributed by atoms with E-state index in [-0.39, 0.29) is 11.8 Å². The van der Waals surface area contributed by atoms with Crippen LogP contribution in [0.25, 0.3) is 10.9 Å². The summed E-state index contributed by atoms with van der Waals surface area (Å²) in [4.78, 5) is 31.5. The molecule has 0 aliphatic carbocycles. The number of benzene rings is 1. The molecule has 6 nitrogen and oxygen atoms in total. The summed E-state index contributed by atoms with van der Waals surface area (Å²) >= 11 is 3.45. The highest BCUT2D eigenvalue weighted by molar-refractivity contribution is 9.10. The summed E-state index contributed by atoms with van der Waals surface area (Å²) in [5.41, 5.74) is 1.57. The van der Waals surface area contributed by atoms with E-state index >= 15 is 0 Å². The molecule has 1 saturated heterocycles. The SMILES string of the molecule is CNC(=O)CN1CCCN(C(=O)c2cc3cc(Br)ccc3[nH]2)CC1. The van der Waals surface area contributed by atoms with Crippen LogP contribution in [0.4, 0.5) is 0 Å². The number of carbonyl (C=O) groups is 2. The van der Waals surface area contributed by atoms with Gasteiger partial charge in [-0.2, -0.15) is 0 Å². The number of halogens is 1. The third-order valence-electron chi connectivity index (χ3n) is 4.33. The number of nitrogens with one attached hydrogen (secondary N) is 2. The smallest absolute Gasteiger partial charge is 0.270 e. The molecule has 1 aliphatic rings. The topological polar surface area (TPSA) is 68.4 Å². The second-order valence-electron chi connectivity index (χ2n) is 6.01. The Morgan fingerprint density at radius 2 is 2.04 bits per heavy atom. The van der Waals surface area contributed by atoms with Gasteiger partial charge >= 0.3 is 0 Å². The molecule has 1 aromatic heterocycles. The Hall–Kier alpha value is -1.86. The van der Waals surface area contributed by atoms with Crippen molar-refractivity contribution in [3.63, 3.8) is 0 Å². The second kappa shape index (κ2) is 7.36. The normalized spacial score (nSPS) is 16.2. The molecular formula is C17H21BrN4O2. The highest BCUT2D eigenvalue weighted by atomic mass is 79.9. The van der Waals surface area contributed by atoms with E-state index in [0.717, 1.165) is 28.3 Å². The van der Waals surface area contributed by atoms with Crippen molar-refractivity contribution in [2.75, 3.05) is 39.8 Å². The predicted octanol–water partition coefficient (Wildman–Crippen LogP) is 1.82. The number of carbonyl (C=O) groups excluding carboxylic acids is 2. The lowest BCUT2D eigenvalue weighted by atomic mass is 10.2. The van der Waals surface area contributed by atoms with Crippen molar-refractivity contribution in [2.45, 2.75) is 6.42 Å². The molecule has 2 N–H and O–H groups in total. The van der Waals surface area contributed by atoms with Gasteiger partial charge in [0.05, 0.1) is 6.54 Å². The van der Waals surface area contributed by atoms with Gasteiger partial charge in [0.15, 0.2) is 0 Å². The summed E-state index contributed by atoms with van der Waals surface area (Å²) in [5, 5.41) is 3.66. The first-order valence-corrected chi connectivity index (χ1v) is 8.86. The average molecular weight is 393 g/mol. The molecule has 128 valence electrons. The lowest BCUT2D eigenvalue weighted by molar-refractivity contribution is -0.121. The number of hydrogen-bond donors (Lipinski definition) is 2. The van der Waals surface area contributed by atoms with Crippen molar-refractivity contribution < 1.29 is 9.59 Å². The van der Waals surface area contributed by atoms with E-state index in [0.29, 0.717) is 31.9 Å². The van der Waals surface area contributed by atoms with Gasteiger partial charge in [0.2, 0.25) is 5.91 Å². The fourth-order valence-electron chi connectivity index (χ4n) is 3.00. The highest BCUT2D eigenvalue weighted by Crippen LogP contribution is 2.21. The van der Waals surface area contributed by atoms with Crippen molar-refractivity contribution >= 4 is 38.6 Å². The van der Waals surface area contributed by atoms with E-state index in [1.165, 1.54) is 0 Å². The Bertz CT molecular complexity index is 758. The molecule has 2 aromatic rings. The number of hydrogen-bond acceptors (Lipinski definition) is 3. The minimum atomic E-state index is 0.0102. The number of aromatic nitrogens is 1. The quantitative estimate of drug-likeness (QED) is 0.836. The molecular weight excluding hydrogens is 372 g/mol. The molecule has 2 heterocycles. The zero-order valence-corrected chi connectivity index (χ0v) is 15.2. The third-order valence-corrected chi connectivity index (χ3v) is 4.83. The number of rotatable bonds is 3. The predicted molar refractivity (Wildman–Crippen MR) is 97.0 cm³/mol. The monoisotopic (exact) mass is 392 g/mol. The van der Waals surface area contributed by atoms with Crippen molar-refractivity contribution in [3.05, 3.63) is 34.4 Å². The maximum Gasteiger partial charge on any atom is 0.270 e. The van der Waals surface area contributed by atoms with Crippen LogP contribution in [-0.2, 0) is 4.79 Å². The van der Waals surface area contributed by atoms with Crippen LogP contribution in [0.2, 0.25) is 0 Å². The summed E-state index contributed by atoms with van der Waals surface area (Å²) in [6.07, 6.45) is 0.870. The molecule has 2 amide bonds. The van der Waals surface area contributed by atoms with Crippen molar-refractivity contribution in [1.29, 1.82) is 0 Å². The Morgan fingerprint density at radius 1 is 1.21 bits per heavy atom. The Morgan fingerprint density at radius 3 is 2.83 bits per heavy atom. The molecule has 24 heavy (non-hydrogen) atoms. The fraction of sp³-hybridized carbons (Fsp3) is 0.412. The summed E-state index contributed by atoms with van der Waals surface area (Å²) < 4.78 is 0.993. The van der Waals surface area contributed by atoms with Gasteiger partial charge < -0.3 is 15.2 Å². The molecule has 1 aliphatic heterocycles. The second-order valence-corrected chi connectivity index (χ2v) is 6.93. The zero-order valence-electron chi connectivity index (χ0n) is 13.6. The summed E-state index contributed by atoms with van der Waals surface area (Å²) in [6.45, 7) is 3.28. The Labute approximate surface area is 149 Å². The van der Waals surface area contributed by atoms with E-state index in [1.807, 2.05) is 29.2 Å². The largest absolute Gasteiger partial charge is 0.358 e. The third kappa shape index (κ3) is 3.79. The van der Waals surface area contributed by atoms with Crippen LogP contribution in [-0.4, -0.2) is 66.4 Å². The van der Waals surface area contributed by atoms with Crippen LogP contribution in [0.5, 0.6) is 0 Å². The van der Waals surface area contributed by atoms with Crippen LogP contribution < -0.4 is 5.32 Å². The molecule has 0 unspecified atom stereocenters. The summed E-state index contributed by atoms with van der Waals surface area (Å²) in [5.74, 6) is 0.0279. The van der Waals surface area contributed by atoms with Crippen LogP contribution >= 0.6 is 15.9 Å². The lowest BCUT2D eigenvalue weighted by Gasteiger charge is -2.21. The fourth-order valence-corrected chi connectivity index (χ4v) is 3.38. The van der Waals surface area contributed by atoms with E-state index in [1.54, 1.807) is 7.05 Å². The molecule has 0 radical (unpaired) electrons. The number of aromatic amines is 1. The van der Waals surface area contributed by atoms with Gasteiger partial charge in [0.1, 0.15) is 5.69 Å². The summed E-state index contributed by atoms with van der Waals surface area (Å²) in [6, 6.07) is 7.81. The van der Waals surface area contributed by atoms with E-state index in [4.69, 9.17) is 0 Å². The van der Waals surface area contributed by atoms with E-state index in [9.17, 15) is 9.59 Å². The van der Waals surface area contributed by atoms with Crippen LogP contribution in [0.15, 0.2) is 28.7 Å². The Balaban J connectivity index is 1.69. The molecule has 0 bridgehead atoms. The number of fused-ring (bicyclic) bond motifs is 1. The Kier molecular flexibility index (Phi) is 5.20. The van der Waals surface area contributed by atoms with Gasteiger partial charge in [-0.05, 0) is 30.7 Å². The van der Waals surface area contributed by atoms with Gasteiger partial charge in [0, 0.05) is 48.6 Å². The maximum atomic E-state index is 12.8. The van der Waals surface area contributed by atoms with Crippen molar-refractivity contribution in [3.8, 4) is 0 Å². The van der Waals surface area contributed by atoms with Crippen LogP contribution in [0.3, 0.4) is 0 Å². The van der Waals surface area contributed by atoms with Crippen LogP contribution in [0, 0.1) is 0 Å². The van der Waals surface area contributed by atoms with Gasteiger partial charge in [-0.1, -0.05) is 15.9 Å². The first kappa shape index (κ1) is 17.0. The molecule has 1 fully saturated rings. The van der Waals surface area contributed by atoms with Gasteiger partial charge in [-0.25, -0.2) is 0 Å². The van der Waals surface area contributed by atoms with Crippen molar-refractivity contribution in [2.24, 2.45) is 0 Å². The lowest BCUT2D eigenvalue weighted by Crippen LogP contribution is -2.39. The first-order chi connectivity index (χ1) is 11.6. The number of likely N-dealkylation sites (N-methyl/N-ethyl adjacent to an activating group) is 1. The van der Waals surface area contributed by atoms with Crippen molar-refractivity contribution in [1.82, 2.24) is 20.1 Å². The first-order valence-electron chi connectivity index (χ1n) is 8.07. The van der Waals surface area contributed by atoms with Gasteiger partial charge in [0.25, 0.3) is 5.91 Å². The minimum absolute atomic E-state index is 0.0102. The number of nitrogens with zero attached hydrogens (tertiary/aromatic N) is 2. The van der Waals surface area contributed by atoms with Crippen LogP contribution in [0.1, 0.15) is 16.9 Å². The average Bonchev–Trinajstić information content (AvgIpc) is 2.85. The van der Waals surface area contributed by atoms with E-state index in [2.05, 4.69) is 31.1 Å². The molecule has 1 aromatic carbocycles. The molecule has 0 saturated carbocycles.